The van der Waals surface area contributed by atoms with Crippen LogP contribution in [0.15, 0.2) is 0 Å². The van der Waals surface area contributed by atoms with Gasteiger partial charge >= 0.3 is 12.1 Å². The zero-order chi connectivity index (χ0) is 13.6. The number of hydrogen-bond donors (Lipinski definition) is 1. The summed E-state index contributed by atoms with van der Waals surface area (Å²) in [6.45, 7) is 6.70. The summed E-state index contributed by atoms with van der Waals surface area (Å²) < 4.78 is 5.33. The lowest BCUT2D eigenvalue weighted by Crippen LogP contribution is -2.44. The first-order chi connectivity index (χ1) is 8.23. The maximum atomic E-state index is 12.0. The molecule has 2 fully saturated rings. The highest BCUT2D eigenvalue weighted by atomic mass is 16.6. The minimum absolute atomic E-state index is 0.180. The van der Waals surface area contributed by atoms with Gasteiger partial charge in [0, 0.05) is 18.5 Å². The molecule has 2 atom stereocenters. The average Bonchev–Trinajstić information content (AvgIpc) is 2.90. The summed E-state index contributed by atoms with van der Waals surface area (Å²) in [5.74, 6) is -1.01. The normalized spacial score (nSPS) is 31.3. The van der Waals surface area contributed by atoms with Crippen LogP contribution >= 0.6 is 0 Å². The molecule has 1 saturated carbocycles. The number of likely N-dealkylation sites (tertiary alicyclic amines) is 1. The van der Waals surface area contributed by atoms with Crippen molar-refractivity contribution in [1.29, 1.82) is 0 Å². The van der Waals surface area contributed by atoms with Crippen molar-refractivity contribution in [1.82, 2.24) is 4.90 Å². The molecule has 1 heterocycles. The minimum Gasteiger partial charge on any atom is -0.481 e. The molecule has 1 saturated heterocycles. The van der Waals surface area contributed by atoms with Crippen molar-refractivity contribution in [3.8, 4) is 0 Å². The monoisotopic (exact) mass is 255 g/mol. The lowest BCUT2D eigenvalue weighted by atomic mass is 9.92. The third-order valence-corrected chi connectivity index (χ3v) is 3.75. The number of piperidine rings is 1. The van der Waals surface area contributed by atoms with Crippen molar-refractivity contribution in [3.63, 3.8) is 0 Å². The van der Waals surface area contributed by atoms with Gasteiger partial charge in [0.15, 0.2) is 0 Å². The molecule has 0 radical (unpaired) electrons. The number of rotatable bonds is 1. The van der Waals surface area contributed by atoms with Crippen molar-refractivity contribution < 1.29 is 19.4 Å². The minimum atomic E-state index is -0.735. The van der Waals surface area contributed by atoms with E-state index in [1.54, 1.807) is 4.90 Å². The number of carbonyl (C=O) groups is 2. The van der Waals surface area contributed by atoms with Gasteiger partial charge in [-0.05, 0) is 40.0 Å². The zero-order valence-corrected chi connectivity index (χ0v) is 11.2. The van der Waals surface area contributed by atoms with Crippen LogP contribution in [0.3, 0.4) is 0 Å². The largest absolute Gasteiger partial charge is 0.481 e. The van der Waals surface area contributed by atoms with Gasteiger partial charge in [-0.3, -0.25) is 4.79 Å². The molecule has 0 aromatic carbocycles. The highest BCUT2D eigenvalue weighted by Crippen LogP contribution is 2.58. The molecule has 0 aromatic rings. The molecule has 1 aliphatic carbocycles. The number of nitrogens with zero attached hydrogens (tertiary/aromatic N) is 1. The molecule has 5 heteroatoms. The molecule has 2 aliphatic rings. The first-order valence-corrected chi connectivity index (χ1v) is 6.44. The summed E-state index contributed by atoms with van der Waals surface area (Å²) in [5.41, 5.74) is -0.682. The van der Waals surface area contributed by atoms with E-state index in [2.05, 4.69) is 0 Å². The van der Waals surface area contributed by atoms with Gasteiger partial charge in [-0.1, -0.05) is 0 Å². The molecule has 0 aromatic heterocycles. The number of hydrogen-bond acceptors (Lipinski definition) is 3. The molecule has 1 aliphatic heterocycles. The van der Waals surface area contributed by atoms with Crippen molar-refractivity contribution in [2.24, 2.45) is 11.3 Å². The van der Waals surface area contributed by atoms with E-state index in [1.165, 1.54) is 0 Å². The molecule has 1 amide bonds. The van der Waals surface area contributed by atoms with E-state index in [0.717, 1.165) is 12.8 Å². The quantitative estimate of drug-likeness (QED) is 0.779. The Hall–Kier alpha value is -1.26. The Kier molecular flexibility index (Phi) is 3.03. The van der Waals surface area contributed by atoms with Gasteiger partial charge in [-0.25, -0.2) is 4.79 Å². The van der Waals surface area contributed by atoms with E-state index < -0.39 is 11.6 Å². The van der Waals surface area contributed by atoms with E-state index in [4.69, 9.17) is 9.84 Å². The fourth-order valence-corrected chi connectivity index (χ4v) is 2.79. The maximum Gasteiger partial charge on any atom is 0.410 e. The Bertz CT molecular complexity index is 374. The van der Waals surface area contributed by atoms with Crippen LogP contribution in [0.5, 0.6) is 0 Å². The van der Waals surface area contributed by atoms with Crippen LogP contribution in [0, 0.1) is 11.3 Å². The first kappa shape index (κ1) is 13.2. The molecule has 1 N–H and O–H groups in total. The molecule has 5 nitrogen and oxygen atoms in total. The van der Waals surface area contributed by atoms with Gasteiger partial charge < -0.3 is 14.7 Å². The lowest BCUT2D eigenvalue weighted by Gasteiger charge is -2.34. The van der Waals surface area contributed by atoms with E-state index in [0.29, 0.717) is 19.5 Å². The van der Waals surface area contributed by atoms with Gasteiger partial charge in [0.1, 0.15) is 5.60 Å². The second kappa shape index (κ2) is 4.14. The summed E-state index contributed by atoms with van der Waals surface area (Å²) in [4.78, 5) is 24.6. The summed E-state index contributed by atoms with van der Waals surface area (Å²) >= 11 is 0. The Balaban J connectivity index is 1.96. The van der Waals surface area contributed by atoms with Crippen LogP contribution in [-0.4, -0.2) is 40.8 Å². The number of ether oxygens (including phenoxy) is 1. The molecule has 0 bridgehead atoms. The van der Waals surface area contributed by atoms with E-state index in [9.17, 15) is 9.59 Å². The van der Waals surface area contributed by atoms with Gasteiger partial charge in [0.2, 0.25) is 0 Å². The van der Waals surface area contributed by atoms with Gasteiger partial charge in [-0.2, -0.15) is 0 Å². The third kappa shape index (κ3) is 2.60. The molecule has 1 spiro atoms. The number of amides is 1. The summed E-state index contributed by atoms with van der Waals surface area (Å²) in [6, 6.07) is 0. The second-order valence-electron chi connectivity index (χ2n) is 6.46. The van der Waals surface area contributed by atoms with Crippen molar-refractivity contribution >= 4 is 12.1 Å². The molecular weight excluding hydrogens is 234 g/mol. The second-order valence-corrected chi connectivity index (χ2v) is 6.46. The van der Waals surface area contributed by atoms with E-state index >= 15 is 0 Å². The Labute approximate surface area is 107 Å². The predicted octanol–water partition coefficient (Wildman–Crippen LogP) is 2.11. The Morgan fingerprint density at radius 2 is 2.06 bits per heavy atom. The van der Waals surface area contributed by atoms with Gasteiger partial charge in [0.25, 0.3) is 0 Å². The zero-order valence-electron chi connectivity index (χ0n) is 11.2. The van der Waals surface area contributed by atoms with Crippen molar-refractivity contribution in [2.45, 2.75) is 45.6 Å². The third-order valence-electron chi connectivity index (χ3n) is 3.75. The lowest BCUT2D eigenvalue weighted by molar-refractivity contribution is -0.139. The number of carbonyl (C=O) groups excluding carboxylic acids is 1. The van der Waals surface area contributed by atoms with Crippen LogP contribution in [0.2, 0.25) is 0 Å². The summed E-state index contributed by atoms with van der Waals surface area (Å²) in [7, 11) is 0. The Morgan fingerprint density at radius 3 is 2.56 bits per heavy atom. The van der Waals surface area contributed by atoms with Crippen LogP contribution in [0.1, 0.15) is 40.0 Å². The number of aliphatic carboxylic acids is 1. The predicted molar refractivity (Wildman–Crippen MR) is 65.2 cm³/mol. The summed E-state index contributed by atoms with van der Waals surface area (Å²) in [5, 5.41) is 9.05. The van der Waals surface area contributed by atoms with Crippen LogP contribution < -0.4 is 0 Å². The molecular formula is C13H21NO4. The maximum absolute atomic E-state index is 12.0. The Morgan fingerprint density at radius 1 is 1.39 bits per heavy atom. The van der Waals surface area contributed by atoms with Gasteiger partial charge in [-0.15, -0.1) is 0 Å². The summed E-state index contributed by atoms with van der Waals surface area (Å²) in [6.07, 6.45) is 2.14. The number of carboxylic acids is 1. The highest BCUT2D eigenvalue weighted by Gasteiger charge is 2.60. The van der Waals surface area contributed by atoms with Crippen LogP contribution in [-0.2, 0) is 9.53 Å². The molecule has 18 heavy (non-hydrogen) atoms. The van der Waals surface area contributed by atoms with Gasteiger partial charge in [0.05, 0.1) is 5.92 Å². The molecule has 0 unspecified atom stereocenters. The standard InChI is InChI=1S/C13H21NO4/c1-12(2,3)18-11(17)14-6-4-5-13(8-14)7-9(13)10(15)16/h9H,4-8H2,1-3H3,(H,15,16)/t9-,13+/m0/s1. The SMILES string of the molecule is CC(C)(C)OC(=O)N1CCC[C@@]2(C[C@H]2C(=O)O)C1. The topological polar surface area (TPSA) is 66.8 Å². The molecule has 102 valence electrons. The molecule has 2 rings (SSSR count). The van der Waals surface area contributed by atoms with Crippen LogP contribution in [0.4, 0.5) is 4.79 Å². The fourth-order valence-electron chi connectivity index (χ4n) is 2.79. The smallest absolute Gasteiger partial charge is 0.410 e. The van der Waals surface area contributed by atoms with Crippen LogP contribution in [0.25, 0.3) is 0 Å². The average molecular weight is 255 g/mol. The first-order valence-electron chi connectivity index (χ1n) is 6.44. The van der Waals surface area contributed by atoms with E-state index in [1.807, 2.05) is 20.8 Å². The van der Waals surface area contributed by atoms with E-state index in [-0.39, 0.29) is 17.4 Å². The highest BCUT2D eigenvalue weighted by molar-refractivity contribution is 5.75. The number of carboxylic acid groups (broad SMARTS) is 1. The fraction of sp³-hybridized carbons (Fsp3) is 0.846. The van der Waals surface area contributed by atoms with Crippen molar-refractivity contribution in [3.05, 3.63) is 0 Å². The van der Waals surface area contributed by atoms with Crippen molar-refractivity contribution in [2.75, 3.05) is 13.1 Å².